The number of aryl methyl sites for hydroxylation is 1. The molecule has 0 spiro atoms. The Hall–Kier alpha value is -2.95. The summed E-state index contributed by atoms with van der Waals surface area (Å²) in [5, 5.41) is 3.49. The third kappa shape index (κ3) is 5.18. The van der Waals surface area contributed by atoms with Gasteiger partial charge in [-0.1, -0.05) is 18.5 Å². The molecule has 1 aromatic carbocycles. The molecule has 3 aromatic rings. The number of nitrogens with one attached hydrogen (secondary N) is 1. The molecule has 1 unspecified atom stereocenters. The zero-order valence-corrected chi connectivity index (χ0v) is 20.2. The van der Waals surface area contributed by atoms with E-state index in [4.69, 9.17) is 25.8 Å². The van der Waals surface area contributed by atoms with Crippen molar-refractivity contribution in [3.8, 4) is 5.75 Å². The van der Waals surface area contributed by atoms with Gasteiger partial charge in [0, 0.05) is 12.1 Å². The molecule has 33 heavy (non-hydrogen) atoms. The average molecular weight is 494 g/mol. The second-order valence-corrected chi connectivity index (χ2v) is 8.52. The predicted molar refractivity (Wildman–Crippen MR) is 127 cm³/mol. The number of hydrogen-bond acceptors (Lipinski definition) is 8. The molecule has 2 aromatic heterocycles. The molecule has 1 N–H and O–H groups in total. The lowest BCUT2D eigenvalue weighted by molar-refractivity contribution is -0.119. The molecular weight excluding hydrogens is 470 g/mol. The molecule has 11 heteroatoms. The standard InChI is InChI=1S/C22H24ClN3O6S/c1-5-15(19(27)25-14-10-13(23)6-7-16(14)31-4)26-11-24-20-17(21(26)28)12(2)18(33-20)22(29)32-9-8-30-3/h6-7,10-11,15H,5,8-9H2,1-4H3,(H,25,27). The van der Waals surface area contributed by atoms with E-state index < -0.39 is 23.5 Å². The predicted octanol–water partition coefficient (Wildman–Crippen LogP) is 3.82. The van der Waals surface area contributed by atoms with E-state index in [9.17, 15) is 14.4 Å². The third-order valence-corrected chi connectivity index (χ3v) is 6.44. The van der Waals surface area contributed by atoms with Gasteiger partial charge in [-0.25, -0.2) is 9.78 Å². The van der Waals surface area contributed by atoms with E-state index in [-0.39, 0.29) is 18.6 Å². The lowest BCUT2D eigenvalue weighted by atomic mass is 10.1. The Balaban J connectivity index is 1.95. The minimum absolute atomic E-state index is 0.103. The molecule has 2 heterocycles. The van der Waals surface area contributed by atoms with Crippen molar-refractivity contribution in [2.45, 2.75) is 26.3 Å². The van der Waals surface area contributed by atoms with Gasteiger partial charge in [-0.3, -0.25) is 14.2 Å². The van der Waals surface area contributed by atoms with Crippen LogP contribution in [0.4, 0.5) is 5.69 Å². The highest BCUT2D eigenvalue weighted by Gasteiger charge is 2.25. The van der Waals surface area contributed by atoms with Gasteiger partial charge in [-0.2, -0.15) is 0 Å². The van der Waals surface area contributed by atoms with E-state index in [1.54, 1.807) is 32.0 Å². The topological polar surface area (TPSA) is 109 Å². The number of anilines is 1. The van der Waals surface area contributed by atoms with E-state index in [2.05, 4.69) is 10.3 Å². The van der Waals surface area contributed by atoms with Gasteiger partial charge in [0.05, 0.1) is 31.1 Å². The van der Waals surface area contributed by atoms with E-state index in [0.29, 0.717) is 38.2 Å². The summed E-state index contributed by atoms with van der Waals surface area (Å²) in [6.07, 6.45) is 1.65. The Labute approximate surface area is 199 Å². The number of rotatable bonds is 9. The first-order valence-corrected chi connectivity index (χ1v) is 11.3. The second kappa shape index (κ2) is 10.8. The first-order valence-electron chi connectivity index (χ1n) is 10.1. The Bertz CT molecular complexity index is 1240. The Morgan fingerprint density at radius 1 is 1.27 bits per heavy atom. The maximum Gasteiger partial charge on any atom is 0.348 e. The van der Waals surface area contributed by atoms with Crippen LogP contribution < -0.4 is 15.6 Å². The molecule has 1 atom stereocenters. The summed E-state index contributed by atoms with van der Waals surface area (Å²) in [5.74, 6) is -0.529. The first kappa shape index (κ1) is 24.7. The monoisotopic (exact) mass is 493 g/mol. The lowest BCUT2D eigenvalue weighted by Crippen LogP contribution is -2.33. The van der Waals surface area contributed by atoms with E-state index in [1.165, 1.54) is 25.1 Å². The Morgan fingerprint density at radius 2 is 2.03 bits per heavy atom. The minimum atomic E-state index is -0.838. The number of carbonyl (C=O) groups is 2. The van der Waals surface area contributed by atoms with Crippen LogP contribution in [0.15, 0.2) is 29.3 Å². The van der Waals surface area contributed by atoms with E-state index in [0.717, 1.165) is 11.3 Å². The molecule has 0 aliphatic heterocycles. The summed E-state index contributed by atoms with van der Waals surface area (Å²) in [6.45, 7) is 3.82. The average Bonchev–Trinajstić information content (AvgIpc) is 3.13. The van der Waals surface area contributed by atoms with Crippen LogP contribution in [-0.2, 0) is 14.3 Å². The molecule has 0 saturated heterocycles. The molecule has 0 saturated carbocycles. The van der Waals surface area contributed by atoms with Crippen molar-refractivity contribution in [2.24, 2.45) is 0 Å². The van der Waals surface area contributed by atoms with Gasteiger partial charge >= 0.3 is 5.97 Å². The largest absolute Gasteiger partial charge is 0.495 e. The van der Waals surface area contributed by atoms with Gasteiger partial charge in [-0.15, -0.1) is 11.3 Å². The number of esters is 1. The number of hydrogen-bond donors (Lipinski definition) is 1. The number of fused-ring (bicyclic) bond motifs is 1. The molecule has 176 valence electrons. The third-order valence-electron chi connectivity index (χ3n) is 5.03. The summed E-state index contributed by atoms with van der Waals surface area (Å²) >= 11 is 7.13. The number of thiophene rings is 1. The van der Waals surface area contributed by atoms with Crippen molar-refractivity contribution in [1.82, 2.24) is 9.55 Å². The normalized spacial score (nSPS) is 11.9. The summed E-state index contributed by atoms with van der Waals surface area (Å²) in [5.41, 5.74) is 0.448. The van der Waals surface area contributed by atoms with Crippen molar-refractivity contribution in [2.75, 3.05) is 32.8 Å². The highest BCUT2D eigenvalue weighted by molar-refractivity contribution is 7.20. The van der Waals surface area contributed by atoms with Crippen LogP contribution in [0.3, 0.4) is 0 Å². The molecule has 3 rings (SSSR count). The van der Waals surface area contributed by atoms with Crippen molar-refractivity contribution >= 4 is 50.7 Å². The first-order chi connectivity index (χ1) is 15.8. The number of halogens is 1. The number of carbonyl (C=O) groups excluding carboxylic acids is 2. The van der Waals surface area contributed by atoms with Crippen LogP contribution in [0.25, 0.3) is 10.2 Å². The van der Waals surface area contributed by atoms with Crippen molar-refractivity contribution in [1.29, 1.82) is 0 Å². The number of amides is 1. The fourth-order valence-electron chi connectivity index (χ4n) is 3.34. The van der Waals surface area contributed by atoms with Gasteiger partial charge in [-0.05, 0) is 37.1 Å². The molecule has 0 aliphatic carbocycles. The highest BCUT2D eigenvalue weighted by Crippen LogP contribution is 2.30. The number of methoxy groups -OCH3 is 2. The molecule has 1 amide bonds. The number of nitrogens with zero attached hydrogens (tertiary/aromatic N) is 2. The van der Waals surface area contributed by atoms with Gasteiger partial charge in [0.1, 0.15) is 28.1 Å². The van der Waals surface area contributed by atoms with Crippen LogP contribution in [0.5, 0.6) is 5.75 Å². The van der Waals surface area contributed by atoms with Crippen molar-refractivity contribution in [3.63, 3.8) is 0 Å². The molecule has 0 radical (unpaired) electrons. The van der Waals surface area contributed by atoms with Crippen LogP contribution in [0, 0.1) is 6.92 Å². The van der Waals surface area contributed by atoms with Gasteiger partial charge in [0.25, 0.3) is 5.56 Å². The SMILES string of the molecule is CCC(C(=O)Nc1cc(Cl)ccc1OC)n1cnc2sc(C(=O)OCCOC)c(C)c2c1=O. The van der Waals surface area contributed by atoms with Crippen molar-refractivity contribution < 1.29 is 23.8 Å². The summed E-state index contributed by atoms with van der Waals surface area (Å²) in [7, 11) is 2.99. The maximum atomic E-state index is 13.3. The zero-order chi connectivity index (χ0) is 24.1. The van der Waals surface area contributed by atoms with E-state index in [1.807, 2.05) is 0 Å². The van der Waals surface area contributed by atoms with Crippen LogP contribution in [0.2, 0.25) is 5.02 Å². The minimum Gasteiger partial charge on any atom is -0.495 e. The maximum absolute atomic E-state index is 13.3. The summed E-state index contributed by atoms with van der Waals surface area (Å²) in [4.78, 5) is 43.8. The number of benzene rings is 1. The Morgan fingerprint density at radius 3 is 2.70 bits per heavy atom. The molecule has 9 nitrogen and oxygen atoms in total. The van der Waals surface area contributed by atoms with Gasteiger partial charge in [0.15, 0.2) is 0 Å². The van der Waals surface area contributed by atoms with Gasteiger partial charge < -0.3 is 19.5 Å². The van der Waals surface area contributed by atoms with Crippen LogP contribution in [0.1, 0.15) is 34.6 Å². The molecular formula is C22H24ClN3O6S. The van der Waals surface area contributed by atoms with Crippen LogP contribution >= 0.6 is 22.9 Å². The molecule has 0 fully saturated rings. The lowest BCUT2D eigenvalue weighted by Gasteiger charge is -2.18. The fourth-order valence-corrected chi connectivity index (χ4v) is 4.54. The zero-order valence-electron chi connectivity index (χ0n) is 18.6. The van der Waals surface area contributed by atoms with Crippen LogP contribution in [-0.4, -0.2) is 48.9 Å². The fraction of sp³-hybridized carbons (Fsp3) is 0.364. The van der Waals surface area contributed by atoms with Gasteiger partial charge in [0.2, 0.25) is 5.91 Å². The summed E-state index contributed by atoms with van der Waals surface area (Å²) < 4.78 is 16.6. The molecule has 0 aliphatic rings. The number of ether oxygens (including phenoxy) is 3. The smallest absolute Gasteiger partial charge is 0.348 e. The molecule has 0 bridgehead atoms. The van der Waals surface area contributed by atoms with Crippen molar-refractivity contribution in [3.05, 3.63) is 50.3 Å². The quantitative estimate of drug-likeness (QED) is 0.356. The Kier molecular flexibility index (Phi) is 8.06. The van der Waals surface area contributed by atoms with E-state index >= 15 is 0 Å². The second-order valence-electron chi connectivity index (χ2n) is 7.08. The highest BCUT2D eigenvalue weighted by atomic mass is 35.5. The number of aromatic nitrogens is 2. The summed E-state index contributed by atoms with van der Waals surface area (Å²) in [6, 6.07) is 4.02.